The van der Waals surface area contributed by atoms with E-state index in [1.54, 1.807) is 0 Å². The Morgan fingerprint density at radius 1 is 0.786 bits per heavy atom. The van der Waals surface area contributed by atoms with Crippen LogP contribution >= 0.6 is 11.6 Å². The van der Waals surface area contributed by atoms with E-state index in [2.05, 4.69) is 20.0 Å². The van der Waals surface area contributed by atoms with Crippen molar-refractivity contribution < 1.29 is 8.85 Å². The molecule has 0 N–H and O–H groups in total. The minimum Gasteiger partial charge on any atom is -0.519 e. The molecule has 0 aromatic heterocycles. The molecule has 1 aromatic rings. The van der Waals surface area contributed by atoms with Crippen molar-refractivity contribution in [3.63, 3.8) is 0 Å². The van der Waals surface area contributed by atoms with Gasteiger partial charge in [0.1, 0.15) is 5.75 Å². The summed E-state index contributed by atoms with van der Waals surface area (Å²) in [6, 6.07) is 5.88. The number of aryl methyl sites for hydroxylation is 1. The first kappa shape index (κ1) is 25.5. The highest BCUT2D eigenvalue weighted by Gasteiger charge is 2.27. The normalized spacial score (nSPS) is 11.8. The van der Waals surface area contributed by atoms with Crippen LogP contribution in [-0.2, 0) is 4.43 Å². The lowest BCUT2D eigenvalue weighted by atomic mass is 10.0. The zero-order chi connectivity index (χ0) is 20.7. The Bertz CT molecular complexity index is 519. The molecule has 0 saturated carbocycles. The first-order chi connectivity index (χ1) is 13.4. The van der Waals surface area contributed by atoms with Gasteiger partial charge in [-0.1, -0.05) is 102 Å². The van der Waals surface area contributed by atoms with Crippen molar-refractivity contribution in [2.75, 3.05) is 6.61 Å². The van der Waals surface area contributed by atoms with Gasteiger partial charge in [-0.25, -0.2) is 0 Å². The first-order valence-electron chi connectivity index (χ1n) is 11.5. The fraction of sp³-hybridized carbons (Fsp3) is 0.750. The van der Waals surface area contributed by atoms with Crippen molar-refractivity contribution in [3.8, 4) is 5.75 Å². The summed E-state index contributed by atoms with van der Waals surface area (Å²) >= 11 is 6.24. The van der Waals surface area contributed by atoms with Crippen molar-refractivity contribution in [2.45, 2.75) is 110 Å². The average molecular weight is 427 g/mol. The zero-order valence-corrected chi connectivity index (χ0v) is 20.6. The number of hydrogen-bond acceptors (Lipinski definition) is 2. The van der Waals surface area contributed by atoms with Crippen LogP contribution in [0.1, 0.15) is 96.0 Å². The molecule has 0 heterocycles. The number of halogens is 1. The molecule has 0 aliphatic heterocycles. The molecule has 0 amide bonds. The molecule has 0 aliphatic rings. The maximum atomic E-state index is 6.24. The van der Waals surface area contributed by atoms with Gasteiger partial charge in [0.2, 0.25) is 0 Å². The lowest BCUT2D eigenvalue weighted by Crippen LogP contribution is -2.38. The van der Waals surface area contributed by atoms with Crippen molar-refractivity contribution in [1.82, 2.24) is 0 Å². The van der Waals surface area contributed by atoms with Crippen LogP contribution in [0.2, 0.25) is 18.1 Å². The molecule has 0 fully saturated rings. The van der Waals surface area contributed by atoms with Crippen LogP contribution in [0.4, 0.5) is 0 Å². The van der Waals surface area contributed by atoms with Gasteiger partial charge in [-0.15, -0.1) is 0 Å². The molecule has 0 aliphatic carbocycles. The number of benzene rings is 1. The second kappa shape index (κ2) is 15.3. The van der Waals surface area contributed by atoms with Gasteiger partial charge < -0.3 is 8.85 Å². The van der Waals surface area contributed by atoms with Crippen molar-refractivity contribution in [2.24, 2.45) is 0 Å². The third-order valence-electron chi connectivity index (χ3n) is 5.14. The molecule has 0 bridgehead atoms. The lowest BCUT2D eigenvalue weighted by Gasteiger charge is -2.24. The number of rotatable bonds is 17. The fourth-order valence-corrected chi connectivity index (χ4v) is 5.04. The molecule has 1 rings (SSSR count). The summed E-state index contributed by atoms with van der Waals surface area (Å²) in [5.41, 5.74) is 1.15. The topological polar surface area (TPSA) is 18.5 Å². The van der Waals surface area contributed by atoms with Crippen LogP contribution in [0, 0.1) is 6.92 Å². The average Bonchev–Trinajstić information content (AvgIpc) is 2.64. The van der Waals surface area contributed by atoms with Crippen molar-refractivity contribution in [1.29, 1.82) is 0 Å². The molecule has 2 nitrogen and oxygen atoms in total. The van der Waals surface area contributed by atoms with Crippen molar-refractivity contribution >= 4 is 20.2 Å². The van der Waals surface area contributed by atoms with E-state index in [1.807, 2.05) is 25.1 Å². The number of unbranched alkanes of at least 4 members (excludes halogenated alkanes) is 12. The van der Waals surface area contributed by atoms with Crippen LogP contribution in [-0.4, -0.2) is 15.2 Å². The minimum absolute atomic E-state index is 0.663. The van der Waals surface area contributed by atoms with Crippen molar-refractivity contribution in [3.05, 3.63) is 28.8 Å². The summed E-state index contributed by atoms with van der Waals surface area (Å²) in [7, 11) is -2.19. The van der Waals surface area contributed by atoms with E-state index in [0.29, 0.717) is 5.02 Å². The lowest BCUT2D eigenvalue weighted by molar-refractivity contribution is 0.240. The van der Waals surface area contributed by atoms with Crippen LogP contribution in [0.3, 0.4) is 0 Å². The molecule has 0 spiro atoms. The quantitative estimate of drug-likeness (QED) is 0.183. The first-order valence-corrected chi connectivity index (χ1v) is 14.7. The fourth-order valence-electron chi connectivity index (χ4n) is 3.42. The van der Waals surface area contributed by atoms with Crippen LogP contribution < -0.4 is 4.43 Å². The Labute approximate surface area is 180 Å². The van der Waals surface area contributed by atoms with Gasteiger partial charge in [0.05, 0.1) is 5.02 Å². The third-order valence-corrected chi connectivity index (χ3v) is 7.06. The summed E-state index contributed by atoms with van der Waals surface area (Å²) in [5, 5.41) is 0.663. The second-order valence-corrected chi connectivity index (χ2v) is 12.2. The van der Waals surface area contributed by atoms with Crippen LogP contribution in [0.15, 0.2) is 18.2 Å². The molecular weight excluding hydrogens is 384 g/mol. The zero-order valence-electron chi connectivity index (χ0n) is 18.8. The predicted molar refractivity (Wildman–Crippen MR) is 126 cm³/mol. The second-order valence-electron chi connectivity index (χ2n) is 8.53. The maximum Gasteiger partial charge on any atom is 0.392 e. The van der Waals surface area contributed by atoms with E-state index in [9.17, 15) is 0 Å². The number of hydrogen-bond donors (Lipinski definition) is 0. The van der Waals surface area contributed by atoms with E-state index < -0.39 is 8.56 Å². The standard InChI is InChI=1S/C24H43ClO2Si/c1-5-6-7-8-9-10-11-12-13-14-15-16-17-20-26-28(3,4)27-24-21-22(2)18-19-23(24)25/h18-19,21H,5-17,20H2,1-4H3. The van der Waals surface area contributed by atoms with E-state index in [-0.39, 0.29) is 0 Å². The van der Waals surface area contributed by atoms with E-state index in [0.717, 1.165) is 24.3 Å². The highest BCUT2D eigenvalue weighted by molar-refractivity contribution is 6.65. The highest BCUT2D eigenvalue weighted by atomic mass is 35.5. The molecule has 0 unspecified atom stereocenters. The summed E-state index contributed by atoms with van der Waals surface area (Å²) < 4.78 is 12.2. The Balaban J connectivity index is 1.98. The molecule has 4 heteroatoms. The molecular formula is C24H43ClO2Si. The molecule has 0 saturated heterocycles. The van der Waals surface area contributed by atoms with Gasteiger partial charge in [0.25, 0.3) is 0 Å². The molecule has 1 aromatic carbocycles. The van der Waals surface area contributed by atoms with Gasteiger partial charge in [-0.2, -0.15) is 0 Å². The van der Waals surface area contributed by atoms with Crippen LogP contribution in [0.5, 0.6) is 5.75 Å². The largest absolute Gasteiger partial charge is 0.519 e. The molecule has 0 atom stereocenters. The maximum absolute atomic E-state index is 6.24. The Morgan fingerprint density at radius 3 is 1.82 bits per heavy atom. The Hall–Kier alpha value is -0.513. The summed E-state index contributed by atoms with van der Waals surface area (Å²) in [5.74, 6) is 0.753. The third kappa shape index (κ3) is 12.8. The van der Waals surface area contributed by atoms with Gasteiger partial charge in [-0.3, -0.25) is 0 Å². The highest BCUT2D eigenvalue weighted by Crippen LogP contribution is 2.28. The van der Waals surface area contributed by atoms with Crippen LogP contribution in [0.25, 0.3) is 0 Å². The predicted octanol–water partition coefficient (Wildman–Crippen LogP) is 8.84. The van der Waals surface area contributed by atoms with E-state index in [4.69, 9.17) is 20.5 Å². The molecule has 28 heavy (non-hydrogen) atoms. The Kier molecular flexibility index (Phi) is 14.0. The van der Waals surface area contributed by atoms with E-state index >= 15 is 0 Å². The monoisotopic (exact) mass is 426 g/mol. The Morgan fingerprint density at radius 2 is 1.29 bits per heavy atom. The van der Waals surface area contributed by atoms with Gasteiger partial charge in [0, 0.05) is 6.61 Å². The molecule has 162 valence electrons. The van der Waals surface area contributed by atoms with E-state index in [1.165, 1.54) is 77.0 Å². The summed E-state index contributed by atoms with van der Waals surface area (Å²) in [4.78, 5) is 0. The summed E-state index contributed by atoms with van der Waals surface area (Å²) in [6.45, 7) is 9.30. The molecule has 0 radical (unpaired) electrons. The van der Waals surface area contributed by atoms with Gasteiger partial charge in [-0.05, 0) is 44.1 Å². The van der Waals surface area contributed by atoms with Gasteiger partial charge in [0.15, 0.2) is 0 Å². The summed E-state index contributed by atoms with van der Waals surface area (Å²) in [6.07, 6.45) is 17.8. The smallest absolute Gasteiger partial charge is 0.392 e. The minimum atomic E-state index is -2.19. The SMILES string of the molecule is CCCCCCCCCCCCCCCO[Si](C)(C)Oc1cc(C)ccc1Cl. The van der Waals surface area contributed by atoms with Gasteiger partial charge >= 0.3 is 8.56 Å².